The van der Waals surface area contributed by atoms with E-state index in [0.29, 0.717) is 16.2 Å². The Bertz CT molecular complexity index is 1090. The number of hydrogen-bond acceptors (Lipinski definition) is 6. The maximum Gasteiger partial charge on any atom is 0.336 e. The average molecular weight is 412 g/mol. The fraction of sp³-hybridized carbons (Fsp3) is 0.286. The predicted molar refractivity (Wildman–Crippen MR) is 109 cm³/mol. The molecule has 8 heteroatoms. The maximum absolute atomic E-state index is 12.3. The fourth-order valence-corrected chi connectivity index (χ4v) is 4.43. The van der Waals surface area contributed by atoms with E-state index < -0.39 is 11.5 Å². The summed E-state index contributed by atoms with van der Waals surface area (Å²) < 4.78 is 10.5. The number of carbonyl (C=O) groups is 2. The van der Waals surface area contributed by atoms with Crippen LogP contribution < -0.4 is 21.2 Å². The Morgan fingerprint density at radius 3 is 2.76 bits per heavy atom. The van der Waals surface area contributed by atoms with Gasteiger partial charge in [0.25, 0.3) is 11.8 Å². The van der Waals surface area contributed by atoms with Crippen LogP contribution in [-0.4, -0.2) is 18.4 Å². The Labute approximate surface area is 170 Å². The van der Waals surface area contributed by atoms with Crippen molar-refractivity contribution in [2.75, 3.05) is 6.61 Å². The Hall–Kier alpha value is -3.13. The van der Waals surface area contributed by atoms with Gasteiger partial charge in [-0.05, 0) is 55.5 Å². The normalized spacial score (nSPS) is 13.4. The van der Waals surface area contributed by atoms with Gasteiger partial charge in [-0.2, -0.15) is 0 Å². The van der Waals surface area contributed by atoms with E-state index in [-0.39, 0.29) is 12.5 Å². The van der Waals surface area contributed by atoms with Crippen LogP contribution in [0.2, 0.25) is 0 Å². The van der Waals surface area contributed by atoms with Gasteiger partial charge in [0.15, 0.2) is 6.61 Å². The molecule has 1 aliphatic rings. The Balaban J connectivity index is 1.30. The minimum absolute atomic E-state index is 0.288. The van der Waals surface area contributed by atoms with Crippen molar-refractivity contribution in [3.63, 3.8) is 0 Å². The van der Waals surface area contributed by atoms with Crippen molar-refractivity contribution in [2.45, 2.75) is 32.1 Å². The van der Waals surface area contributed by atoms with Crippen LogP contribution in [0.4, 0.5) is 0 Å². The largest absolute Gasteiger partial charge is 0.484 e. The first-order valence-electron chi connectivity index (χ1n) is 9.46. The van der Waals surface area contributed by atoms with Gasteiger partial charge in [0, 0.05) is 22.4 Å². The molecule has 0 aliphatic heterocycles. The molecule has 0 bridgehead atoms. The quantitative estimate of drug-likeness (QED) is 0.390. The van der Waals surface area contributed by atoms with Crippen molar-refractivity contribution < 1.29 is 18.7 Å². The SMILES string of the molecule is O=C(COc1ccc2ccc(=O)oc2c1)NNC(=O)c1cc2c(s1)CCCCC2. The Morgan fingerprint density at radius 2 is 1.86 bits per heavy atom. The zero-order valence-corrected chi connectivity index (χ0v) is 16.5. The summed E-state index contributed by atoms with van der Waals surface area (Å²) in [6, 6.07) is 9.86. The second-order valence-electron chi connectivity index (χ2n) is 6.86. The number of nitrogens with one attached hydrogen (secondary N) is 2. The van der Waals surface area contributed by atoms with Gasteiger partial charge in [0.05, 0.1) is 4.88 Å². The molecule has 0 atom stereocenters. The van der Waals surface area contributed by atoms with Crippen LogP contribution in [0, 0.1) is 0 Å². The molecule has 0 saturated carbocycles. The molecule has 29 heavy (non-hydrogen) atoms. The van der Waals surface area contributed by atoms with Gasteiger partial charge in [-0.3, -0.25) is 20.4 Å². The van der Waals surface area contributed by atoms with Crippen LogP contribution in [-0.2, 0) is 17.6 Å². The molecule has 150 valence electrons. The zero-order chi connectivity index (χ0) is 20.2. The van der Waals surface area contributed by atoms with E-state index in [9.17, 15) is 14.4 Å². The molecule has 1 aliphatic carbocycles. The van der Waals surface area contributed by atoms with Crippen molar-refractivity contribution in [3.05, 3.63) is 62.1 Å². The molecule has 1 aromatic carbocycles. The summed E-state index contributed by atoms with van der Waals surface area (Å²) in [5.74, 6) is -0.440. The van der Waals surface area contributed by atoms with Crippen LogP contribution in [0.1, 0.15) is 39.4 Å². The molecule has 0 spiro atoms. The number of ether oxygens (including phenoxy) is 1. The third-order valence-corrected chi connectivity index (χ3v) is 5.99. The van der Waals surface area contributed by atoms with Gasteiger partial charge in [0.1, 0.15) is 11.3 Å². The summed E-state index contributed by atoms with van der Waals surface area (Å²) in [4.78, 5) is 37.5. The third-order valence-electron chi connectivity index (χ3n) is 4.75. The van der Waals surface area contributed by atoms with Gasteiger partial charge in [0.2, 0.25) is 0 Å². The number of hydrazine groups is 1. The molecule has 2 aromatic heterocycles. The van der Waals surface area contributed by atoms with Crippen LogP contribution in [0.15, 0.2) is 45.6 Å². The number of aryl methyl sites for hydroxylation is 2. The molecule has 7 nitrogen and oxygen atoms in total. The lowest BCUT2D eigenvalue weighted by Crippen LogP contribution is -2.43. The van der Waals surface area contributed by atoms with E-state index in [1.165, 1.54) is 34.3 Å². The van der Waals surface area contributed by atoms with E-state index in [1.807, 2.05) is 6.07 Å². The molecule has 2 heterocycles. The topological polar surface area (TPSA) is 97.6 Å². The maximum atomic E-state index is 12.3. The van der Waals surface area contributed by atoms with E-state index in [2.05, 4.69) is 10.9 Å². The van der Waals surface area contributed by atoms with Crippen molar-refractivity contribution >= 4 is 34.1 Å². The van der Waals surface area contributed by atoms with Gasteiger partial charge in [-0.1, -0.05) is 6.42 Å². The van der Waals surface area contributed by atoms with E-state index in [0.717, 1.165) is 31.1 Å². The van der Waals surface area contributed by atoms with Crippen LogP contribution in [0.5, 0.6) is 5.75 Å². The highest BCUT2D eigenvalue weighted by molar-refractivity contribution is 7.14. The lowest BCUT2D eigenvalue weighted by molar-refractivity contribution is -0.123. The Morgan fingerprint density at radius 1 is 1.03 bits per heavy atom. The van der Waals surface area contributed by atoms with Crippen molar-refractivity contribution in [2.24, 2.45) is 0 Å². The van der Waals surface area contributed by atoms with Gasteiger partial charge in [-0.15, -0.1) is 11.3 Å². The summed E-state index contributed by atoms with van der Waals surface area (Å²) in [7, 11) is 0. The minimum Gasteiger partial charge on any atom is -0.484 e. The molecule has 0 radical (unpaired) electrons. The van der Waals surface area contributed by atoms with E-state index in [1.54, 1.807) is 24.3 Å². The van der Waals surface area contributed by atoms with E-state index >= 15 is 0 Å². The highest BCUT2D eigenvalue weighted by Crippen LogP contribution is 2.28. The molecule has 0 unspecified atom stereocenters. The molecular weight excluding hydrogens is 392 g/mol. The van der Waals surface area contributed by atoms with Crippen molar-refractivity contribution in [3.8, 4) is 5.75 Å². The van der Waals surface area contributed by atoms with Gasteiger partial charge < -0.3 is 9.15 Å². The van der Waals surface area contributed by atoms with Crippen molar-refractivity contribution in [1.29, 1.82) is 0 Å². The average Bonchev–Trinajstić information content (AvgIpc) is 3.00. The second kappa shape index (κ2) is 8.48. The molecule has 0 saturated heterocycles. The first kappa shape index (κ1) is 19.2. The number of hydrogen-bond donors (Lipinski definition) is 2. The summed E-state index contributed by atoms with van der Waals surface area (Å²) in [6.45, 7) is -0.288. The number of fused-ring (bicyclic) bond motifs is 2. The molecule has 0 fully saturated rings. The van der Waals surface area contributed by atoms with Crippen LogP contribution in [0.25, 0.3) is 11.0 Å². The smallest absolute Gasteiger partial charge is 0.336 e. The summed E-state index contributed by atoms with van der Waals surface area (Å²) in [5, 5.41) is 0.753. The number of amides is 2. The molecule has 4 rings (SSSR count). The lowest BCUT2D eigenvalue weighted by atomic mass is 10.1. The number of carbonyl (C=O) groups excluding carboxylic acids is 2. The van der Waals surface area contributed by atoms with E-state index in [4.69, 9.17) is 9.15 Å². The highest BCUT2D eigenvalue weighted by Gasteiger charge is 2.17. The summed E-state index contributed by atoms with van der Waals surface area (Å²) >= 11 is 1.49. The highest BCUT2D eigenvalue weighted by atomic mass is 32.1. The first-order valence-corrected chi connectivity index (χ1v) is 10.3. The van der Waals surface area contributed by atoms with Gasteiger partial charge >= 0.3 is 5.63 Å². The summed E-state index contributed by atoms with van der Waals surface area (Å²) in [6.07, 6.45) is 5.55. The zero-order valence-electron chi connectivity index (χ0n) is 15.7. The third kappa shape index (κ3) is 4.65. The molecule has 3 aromatic rings. The van der Waals surface area contributed by atoms with Crippen LogP contribution in [0.3, 0.4) is 0 Å². The standard InChI is InChI=1S/C21H20N2O5S/c24-19(12-27-15-8-6-13-7-9-20(25)28-16(13)11-15)22-23-21(26)18-10-14-4-2-1-3-5-17(14)29-18/h6-11H,1-5,12H2,(H,22,24)(H,23,26). The Kier molecular flexibility index (Phi) is 5.62. The minimum atomic E-state index is -0.494. The molecule has 2 N–H and O–H groups in total. The second-order valence-corrected chi connectivity index (χ2v) is 8.00. The van der Waals surface area contributed by atoms with Crippen LogP contribution >= 0.6 is 11.3 Å². The number of thiophene rings is 1. The fourth-order valence-electron chi connectivity index (χ4n) is 3.28. The monoisotopic (exact) mass is 412 g/mol. The molecule has 2 amide bonds. The molecular formula is C21H20N2O5S. The lowest BCUT2D eigenvalue weighted by Gasteiger charge is -2.08. The first-order chi connectivity index (χ1) is 14.1. The number of benzene rings is 1. The predicted octanol–water partition coefficient (Wildman–Crippen LogP) is 2.96. The van der Waals surface area contributed by atoms with Crippen molar-refractivity contribution in [1.82, 2.24) is 10.9 Å². The number of rotatable bonds is 4. The summed E-state index contributed by atoms with van der Waals surface area (Å²) in [5.41, 5.74) is 5.95. The van der Waals surface area contributed by atoms with Gasteiger partial charge in [-0.25, -0.2) is 4.79 Å².